The van der Waals surface area contributed by atoms with Gasteiger partial charge in [0.2, 0.25) is 0 Å². The Hall–Kier alpha value is -3.52. The molecule has 3 aromatic carbocycles. The van der Waals surface area contributed by atoms with Crippen LogP contribution >= 0.6 is 11.8 Å². The van der Waals surface area contributed by atoms with Crippen LogP contribution in [0.4, 0.5) is 18.9 Å². The van der Waals surface area contributed by atoms with E-state index in [9.17, 15) is 22.8 Å². The van der Waals surface area contributed by atoms with E-state index in [0.29, 0.717) is 19.5 Å². The van der Waals surface area contributed by atoms with Crippen molar-refractivity contribution in [2.24, 2.45) is 0 Å². The second kappa shape index (κ2) is 8.92. The molecule has 2 heterocycles. The van der Waals surface area contributed by atoms with Crippen LogP contribution in [0.5, 0.6) is 0 Å². The zero-order chi connectivity index (χ0) is 24.7. The van der Waals surface area contributed by atoms with E-state index < -0.39 is 23.6 Å². The van der Waals surface area contributed by atoms with Crippen LogP contribution in [0.15, 0.2) is 88.3 Å². The van der Waals surface area contributed by atoms with Gasteiger partial charge in [-0.1, -0.05) is 59.8 Å². The molecule has 35 heavy (non-hydrogen) atoms. The van der Waals surface area contributed by atoms with Crippen LogP contribution in [0.25, 0.3) is 0 Å². The topological polar surface area (TPSA) is 40.6 Å². The molecule has 0 spiro atoms. The van der Waals surface area contributed by atoms with Gasteiger partial charge in [-0.15, -0.1) is 0 Å². The van der Waals surface area contributed by atoms with Crippen molar-refractivity contribution in [2.75, 3.05) is 11.4 Å². The lowest BCUT2D eigenvalue weighted by molar-refractivity contribution is -0.137. The fourth-order valence-corrected chi connectivity index (χ4v) is 5.34. The largest absolute Gasteiger partial charge is 0.416 e. The normalized spacial score (nSPS) is 16.2. The molecule has 2 aliphatic rings. The van der Waals surface area contributed by atoms with Gasteiger partial charge in [0.15, 0.2) is 0 Å². The molecule has 0 bridgehead atoms. The molecule has 3 aromatic rings. The van der Waals surface area contributed by atoms with Crippen molar-refractivity contribution in [3.63, 3.8) is 0 Å². The van der Waals surface area contributed by atoms with Gasteiger partial charge in [-0.3, -0.25) is 9.59 Å². The molecule has 8 heteroatoms. The number of halogens is 3. The van der Waals surface area contributed by atoms with Crippen LogP contribution in [-0.2, 0) is 28.7 Å². The molecule has 4 nitrogen and oxygen atoms in total. The quantitative estimate of drug-likeness (QED) is 0.421. The summed E-state index contributed by atoms with van der Waals surface area (Å²) in [7, 11) is 0. The van der Waals surface area contributed by atoms with Crippen molar-refractivity contribution in [3.05, 3.63) is 106 Å². The highest BCUT2D eigenvalue weighted by atomic mass is 32.2. The Labute approximate surface area is 205 Å². The lowest BCUT2D eigenvalue weighted by Gasteiger charge is -2.31. The summed E-state index contributed by atoms with van der Waals surface area (Å²) in [6.45, 7) is 2.92. The van der Waals surface area contributed by atoms with E-state index in [2.05, 4.69) is 0 Å². The van der Waals surface area contributed by atoms with Crippen LogP contribution in [0.3, 0.4) is 0 Å². The first kappa shape index (κ1) is 23.2. The molecular weight excluding hydrogens is 473 g/mol. The Morgan fingerprint density at radius 2 is 1.57 bits per heavy atom. The first-order valence-electron chi connectivity index (χ1n) is 11.1. The predicted molar refractivity (Wildman–Crippen MR) is 129 cm³/mol. The molecule has 0 fully saturated rings. The van der Waals surface area contributed by atoms with Gasteiger partial charge in [0.1, 0.15) is 10.6 Å². The molecule has 5 rings (SSSR count). The molecule has 0 saturated heterocycles. The van der Waals surface area contributed by atoms with Gasteiger partial charge in [-0.2, -0.15) is 13.2 Å². The van der Waals surface area contributed by atoms with Crippen molar-refractivity contribution in [1.82, 2.24) is 4.90 Å². The number of rotatable bonds is 4. The summed E-state index contributed by atoms with van der Waals surface area (Å²) in [6.07, 6.45) is -3.89. The van der Waals surface area contributed by atoms with Gasteiger partial charge in [0.25, 0.3) is 11.8 Å². The predicted octanol–water partition coefficient (Wildman–Crippen LogP) is 5.95. The molecule has 0 N–H and O–H groups in total. The van der Waals surface area contributed by atoms with E-state index in [0.717, 1.165) is 33.1 Å². The third kappa shape index (κ3) is 4.46. The van der Waals surface area contributed by atoms with Gasteiger partial charge in [0.05, 0.1) is 11.3 Å². The first-order valence-corrected chi connectivity index (χ1v) is 11.9. The van der Waals surface area contributed by atoms with Crippen molar-refractivity contribution in [1.29, 1.82) is 0 Å². The number of benzene rings is 3. The smallest absolute Gasteiger partial charge is 0.361 e. The first-order chi connectivity index (χ1) is 16.7. The number of alkyl halides is 3. The molecule has 0 unspecified atom stereocenters. The maximum atomic E-state index is 13.7. The fourth-order valence-electron chi connectivity index (χ4n) is 4.34. The van der Waals surface area contributed by atoms with Crippen molar-refractivity contribution < 1.29 is 22.8 Å². The van der Waals surface area contributed by atoms with Crippen LogP contribution in [0.1, 0.15) is 22.3 Å². The number of nitrogens with zero attached hydrogens (tertiary/aromatic N) is 2. The lowest BCUT2D eigenvalue weighted by atomic mass is 9.99. The Kier molecular flexibility index (Phi) is 5.92. The minimum atomic E-state index is -4.59. The fraction of sp³-hybridized carbons (Fsp3) is 0.185. The molecule has 2 aliphatic heterocycles. The zero-order valence-corrected chi connectivity index (χ0v) is 19.6. The summed E-state index contributed by atoms with van der Waals surface area (Å²) in [5.41, 5.74) is 2.52. The van der Waals surface area contributed by atoms with E-state index in [1.165, 1.54) is 29.5 Å². The number of aryl methyl sites for hydroxylation is 1. The van der Waals surface area contributed by atoms with Crippen LogP contribution in [0.2, 0.25) is 0 Å². The van der Waals surface area contributed by atoms with Crippen LogP contribution in [0, 0.1) is 6.92 Å². The average molecular weight is 495 g/mol. The van der Waals surface area contributed by atoms with Gasteiger partial charge in [-0.05, 0) is 54.8 Å². The molecule has 0 aliphatic carbocycles. The summed E-state index contributed by atoms with van der Waals surface area (Å²) < 4.78 is 40.0. The summed E-state index contributed by atoms with van der Waals surface area (Å²) in [6, 6.07) is 19.8. The highest BCUT2D eigenvalue weighted by molar-refractivity contribution is 8.04. The third-order valence-corrected chi connectivity index (χ3v) is 7.22. The minimum Gasteiger partial charge on any atom is -0.361 e. The van der Waals surface area contributed by atoms with Gasteiger partial charge in [-0.25, -0.2) is 4.90 Å². The summed E-state index contributed by atoms with van der Waals surface area (Å²) in [4.78, 5) is 30.9. The number of hydrogen-bond donors (Lipinski definition) is 0. The average Bonchev–Trinajstić information content (AvgIpc) is 3.08. The molecule has 2 amide bonds. The highest BCUT2D eigenvalue weighted by Crippen LogP contribution is 2.41. The lowest BCUT2D eigenvalue weighted by Crippen LogP contribution is -2.37. The second-order valence-electron chi connectivity index (χ2n) is 8.53. The van der Waals surface area contributed by atoms with Gasteiger partial charge < -0.3 is 4.90 Å². The molecule has 0 saturated carbocycles. The second-order valence-corrected chi connectivity index (χ2v) is 9.61. The summed E-state index contributed by atoms with van der Waals surface area (Å²) in [5.74, 6) is -1.22. The van der Waals surface area contributed by atoms with Crippen molar-refractivity contribution in [3.8, 4) is 0 Å². The number of anilines is 1. The van der Waals surface area contributed by atoms with E-state index in [4.69, 9.17) is 0 Å². The summed E-state index contributed by atoms with van der Waals surface area (Å²) >= 11 is 1.17. The van der Waals surface area contributed by atoms with Gasteiger partial charge >= 0.3 is 6.18 Å². The number of carbonyl (C=O) groups is 2. The van der Waals surface area contributed by atoms with Crippen LogP contribution in [-0.4, -0.2) is 23.3 Å². The molecule has 178 valence electrons. The molecule has 0 atom stereocenters. The standard InChI is InChI=1S/C27H21F3N2O2S/c1-17-9-11-22(12-10-17)35-24-23(31-14-13-18-5-2-3-6-19(18)16-31)25(33)32(26(24)34)21-8-4-7-20(15-21)27(28,29)30/h2-12,15H,13-14,16H2,1H3. The molecule has 0 radical (unpaired) electrons. The molecular formula is C27H21F3N2O2S. The number of amides is 2. The summed E-state index contributed by atoms with van der Waals surface area (Å²) in [5, 5.41) is 0. The number of thioether (sulfide) groups is 1. The Bertz CT molecular complexity index is 1350. The van der Waals surface area contributed by atoms with Crippen molar-refractivity contribution >= 4 is 29.3 Å². The highest BCUT2D eigenvalue weighted by Gasteiger charge is 2.43. The Balaban J connectivity index is 1.56. The van der Waals surface area contributed by atoms with E-state index in [1.54, 1.807) is 0 Å². The maximum Gasteiger partial charge on any atom is 0.416 e. The number of carbonyl (C=O) groups excluding carboxylic acids is 2. The van der Waals surface area contributed by atoms with Crippen LogP contribution < -0.4 is 4.90 Å². The van der Waals surface area contributed by atoms with Crippen molar-refractivity contribution in [2.45, 2.75) is 31.0 Å². The van der Waals surface area contributed by atoms with Gasteiger partial charge in [0, 0.05) is 18.0 Å². The SMILES string of the molecule is Cc1ccc(SC2=C(N3CCc4ccccc4C3)C(=O)N(c3cccc(C(F)(F)F)c3)C2=O)cc1. The number of imide groups is 1. The molecule has 0 aromatic heterocycles. The zero-order valence-electron chi connectivity index (χ0n) is 18.8. The van der Waals surface area contributed by atoms with E-state index in [1.807, 2.05) is 60.4 Å². The van der Waals surface area contributed by atoms with E-state index in [-0.39, 0.29) is 16.3 Å². The minimum absolute atomic E-state index is 0.0933. The Morgan fingerprint density at radius 1 is 0.857 bits per heavy atom. The number of hydrogen-bond acceptors (Lipinski definition) is 4. The van der Waals surface area contributed by atoms with E-state index >= 15 is 0 Å². The number of fused-ring (bicyclic) bond motifs is 1. The third-order valence-electron chi connectivity index (χ3n) is 6.14. The maximum absolute atomic E-state index is 13.7. The monoisotopic (exact) mass is 494 g/mol. The Morgan fingerprint density at radius 3 is 2.29 bits per heavy atom.